The predicted molar refractivity (Wildman–Crippen MR) is 137 cm³/mol. The van der Waals surface area contributed by atoms with Crippen molar-refractivity contribution < 1.29 is 19.5 Å². The predicted octanol–water partition coefficient (Wildman–Crippen LogP) is 3.47. The highest BCUT2D eigenvalue weighted by Gasteiger charge is 2.18. The third kappa shape index (κ3) is 5.06. The van der Waals surface area contributed by atoms with Crippen LogP contribution in [0.3, 0.4) is 0 Å². The van der Waals surface area contributed by atoms with E-state index >= 15 is 0 Å². The van der Waals surface area contributed by atoms with E-state index in [1.54, 1.807) is 69.4 Å². The molecule has 3 aromatic heterocycles. The number of hydrogen-bond acceptors (Lipinski definition) is 8. The van der Waals surface area contributed by atoms with Gasteiger partial charge in [0.05, 0.1) is 16.8 Å². The lowest BCUT2D eigenvalue weighted by Gasteiger charge is -2.17. The number of pyridine rings is 2. The molecular weight excluding hydrogens is 472 g/mol. The quantitative estimate of drug-likeness (QED) is 0.342. The molecular formula is C27H24N6O4. The van der Waals surface area contributed by atoms with E-state index in [-0.39, 0.29) is 12.5 Å². The maximum absolute atomic E-state index is 13.3. The Labute approximate surface area is 211 Å². The lowest BCUT2D eigenvalue weighted by atomic mass is 10.0. The lowest BCUT2D eigenvalue weighted by Crippen LogP contribution is -2.33. The van der Waals surface area contributed by atoms with Gasteiger partial charge in [-0.25, -0.2) is 10.5 Å². The van der Waals surface area contributed by atoms with Gasteiger partial charge in [0.1, 0.15) is 12.1 Å². The number of nitrogens with one attached hydrogen (secondary N) is 1. The molecule has 0 aliphatic carbocycles. The van der Waals surface area contributed by atoms with E-state index in [0.717, 1.165) is 16.5 Å². The maximum Gasteiger partial charge on any atom is 0.281 e. The van der Waals surface area contributed by atoms with Crippen molar-refractivity contribution in [1.29, 1.82) is 0 Å². The van der Waals surface area contributed by atoms with E-state index in [9.17, 15) is 14.7 Å². The molecule has 0 atom stereocenters. The normalized spacial score (nSPS) is 11.7. The Hall–Kier alpha value is -4.54. The number of aliphatic hydroxyl groups is 1. The molecule has 1 amide bonds. The highest BCUT2D eigenvalue weighted by Crippen LogP contribution is 2.24. The third-order valence-electron chi connectivity index (χ3n) is 5.70. The summed E-state index contributed by atoms with van der Waals surface area (Å²) in [7, 11) is 0. The van der Waals surface area contributed by atoms with Gasteiger partial charge in [0.2, 0.25) is 0 Å². The number of nitrogens with zero attached hydrogens (tertiary/aromatic N) is 5. The van der Waals surface area contributed by atoms with Crippen LogP contribution in [-0.2, 0) is 4.84 Å². The summed E-state index contributed by atoms with van der Waals surface area (Å²) in [6, 6.07) is 17.8. The van der Waals surface area contributed by atoms with Gasteiger partial charge in [-0.2, -0.15) is 4.68 Å². The van der Waals surface area contributed by atoms with Crippen molar-refractivity contribution in [3.05, 3.63) is 83.6 Å². The van der Waals surface area contributed by atoms with Gasteiger partial charge in [0.25, 0.3) is 11.8 Å². The van der Waals surface area contributed by atoms with Crippen molar-refractivity contribution in [2.75, 3.05) is 6.61 Å². The molecule has 0 fully saturated rings. The van der Waals surface area contributed by atoms with E-state index in [4.69, 9.17) is 4.84 Å². The average molecular weight is 497 g/mol. The van der Waals surface area contributed by atoms with Crippen LogP contribution in [0.15, 0.2) is 66.9 Å². The van der Waals surface area contributed by atoms with Crippen LogP contribution < -0.4 is 5.48 Å². The summed E-state index contributed by atoms with van der Waals surface area (Å²) in [6.07, 6.45) is 1.70. The van der Waals surface area contributed by atoms with E-state index < -0.39 is 11.5 Å². The minimum Gasteiger partial charge on any atom is -0.388 e. The molecule has 10 heteroatoms. The van der Waals surface area contributed by atoms with Crippen LogP contribution in [0.1, 0.15) is 40.1 Å². The maximum atomic E-state index is 13.3. The Morgan fingerprint density at radius 2 is 1.86 bits per heavy atom. The zero-order chi connectivity index (χ0) is 26.2. The monoisotopic (exact) mass is 496 g/mol. The lowest BCUT2D eigenvalue weighted by molar-refractivity contribution is -0.0522. The molecule has 0 radical (unpaired) electrons. The molecule has 0 aliphatic rings. The number of rotatable bonds is 6. The molecule has 0 saturated carbocycles. The third-order valence-corrected chi connectivity index (χ3v) is 5.70. The van der Waals surface area contributed by atoms with Crippen molar-refractivity contribution in [1.82, 2.24) is 30.4 Å². The molecule has 186 valence electrons. The van der Waals surface area contributed by atoms with Gasteiger partial charge >= 0.3 is 0 Å². The van der Waals surface area contributed by atoms with Crippen molar-refractivity contribution in [2.24, 2.45) is 0 Å². The standard InChI is InChI=1S/C27H24N6O4/c1-16-13-18(6-8-20(16)25(34)31-37-15-27(2,3)36)22-10-11-23-24(29-22)33(32-30-23)26(35)19-7-9-21-17(14-19)5-4-12-28-21/h4-14,36H,15H2,1-3H3,(H,31,34). The van der Waals surface area contributed by atoms with Gasteiger partial charge in [-0.05, 0) is 74.9 Å². The van der Waals surface area contributed by atoms with E-state index in [2.05, 4.69) is 25.8 Å². The summed E-state index contributed by atoms with van der Waals surface area (Å²) in [5, 5.41) is 18.7. The number of benzene rings is 2. The van der Waals surface area contributed by atoms with Gasteiger partial charge in [-0.1, -0.05) is 17.3 Å². The van der Waals surface area contributed by atoms with Gasteiger partial charge in [0, 0.05) is 28.3 Å². The molecule has 3 heterocycles. The molecule has 0 unspecified atom stereocenters. The molecule has 0 bridgehead atoms. The van der Waals surface area contributed by atoms with Gasteiger partial charge in [0.15, 0.2) is 5.65 Å². The number of aryl methyl sites for hydroxylation is 1. The second kappa shape index (κ2) is 9.49. The van der Waals surface area contributed by atoms with E-state index in [1.807, 2.05) is 18.2 Å². The largest absolute Gasteiger partial charge is 0.388 e. The zero-order valence-corrected chi connectivity index (χ0v) is 20.5. The number of hydroxylamine groups is 1. The van der Waals surface area contributed by atoms with Crippen molar-refractivity contribution >= 4 is 33.9 Å². The highest BCUT2D eigenvalue weighted by atomic mass is 16.7. The number of carbonyl (C=O) groups is 2. The topological polar surface area (TPSA) is 132 Å². The average Bonchev–Trinajstić information content (AvgIpc) is 3.30. The molecule has 0 aliphatic heterocycles. The van der Waals surface area contributed by atoms with Crippen LogP contribution in [0.25, 0.3) is 33.3 Å². The smallest absolute Gasteiger partial charge is 0.281 e. The van der Waals surface area contributed by atoms with Crippen LogP contribution in [0.2, 0.25) is 0 Å². The van der Waals surface area contributed by atoms with Gasteiger partial charge in [-0.15, -0.1) is 5.10 Å². The Bertz CT molecular complexity index is 1650. The second-order valence-corrected chi connectivity index (χ2v) is 9.32. The van der Waals surface area contributed by atoms with Crippen LogP contribution in [0.4, 0.5) is 0 Å². The minimum absolute atomic E-state index is 0.0453. The fourth-order valence-corrected chi connectivity index (χ4v) is 3.85. The Kier molecular flexibility index (Phi) is 6.20. The number of amides is 1. The van der Waals surface area contributed by atoms with E-state index in [0.29, 0.717) is 33.5 Å². The second-order valence-electron chi connectivity index (χ2n) is 9.32. The Morgan fingerprint density at radius 1 is 1.05 bits per heavy atom. The van der Waals surface area contributed by atoms with Crippen LogP contribution in [-0.4, -0.2) is 54.1 Å². The summed E-state index contributed by atoms with van der Waals surface area (Å²) >= 11 is 0. The van der Waals surface area contributed by atoms with Crippen molar-refractivity contribution in [3.8, 4) is 11.3 Å². The summed E-state index contributed by atoms with van der Waals surface area (Å²) in [6.45, 7) is 4.92. The summed E-state index contributed by atoms with van der Waals surface area (Å²) in [5.74, 6) is -0.776. The molecule has 37 heavy (non-hydrogen) atoms. The summed E-state index contributed by atoms with van der Waals surface area (Å²) in [4.78, 5) is 39.8. The number of hydrogen-bond donors (Lipinski definition) is 2. The first-order chi connectivity index (χ1) is 17.7. The zero-order valence-electron chi connectivity index (χ0n) is 20.5. The van der Waals surface area contributed by atoms with Gasteiger partial charge in [-0.3, -0.25) is 19.4 Å². The molecule has 5 rings (SSSR count). The molecule has 2 N–H and O–H groups in total. The van der Waals surface area contributed by atoms with Crippen LogP contribution in [0, 0.1) is 6.92 Å². The number of carbonyl (C=O) groups excluding carboxylic acids is 2. The molecule has 0 spiro atoms. The van der Waals surface area contributed by atoms with Crippen molar-refractivity contribution in [2.45, 2.75) is 26.4 Å². The molecule has 5 aromatic rings. The first-order valence-electron chi connectivity index (χ1n) is 11.6. The van der Waals surface area contributed by atoms with Crippen LogP contribution >= 0.6 is 0 Å². The first-order valence-corrected chi connectivity index (χ1v) is 11.6. The number of fused-ring (bicyclic) bond motifs is 2. The Balaban J connectivity index is 1.42. The molecule has 2 aromatic carbocycles. The SMILES string of the molecule is Cc1cc(-c2ccc3nnn(C(=O)c4ccc5ncccc5c4)c3n2)ccc1C(=O)NOCC(C)(C)O. The number of aromatic nitrogens is 5. The van der Waals surface area contributed by atoms with E-state index in [1.165, 1.54) is 4.68 Å². The fraction of sp³-hybridized carbons (Fsp3) is 0.185. The summed E-state index contributed by atoms with van der Waals surface area (Å²) < 4.78 is 1.19. The molecule has 0 saturated heterocycles. The van der Waals surface area contributed by atoms with Crippen molar-refractivity contribution in [3.63, 3.8) is 0 Å². The highest BCUT2D eigenvalue weighted by molar-refractivity contribution is 6.02. The Morgan fingerprint density at radius 3 is 2.65 bits per heavy atom. The minimum atomic E-state index is -1.06. The fourth-order valence-electron chi connectivity index (χ4n) is 3.85. The first kappa shape index (κ1) is 24.2. The van der Waals surface area contributed by atoms with Crippen LogP contribution in [0.5, 0.6) is 0 Å². The summed E-state index contributed by atoms with van der Waals surface area (Å²) in [5.41, 5.74) is 5.81. The van der Waals surface area contributed by atoms with Gasteiger partial charge < -0.3 is 5.11 Å². The molecule has 10 nitrogen and oxygen atoms in total.